The van der Waals surface area contributed by atoms with Crippen LogP contribution in [0.3, 0.4) is 0 Å². The number of fused-ring (bicyclic) bond motifs is 1. The van der Waals surface area contributed by atoms with Crippen molar-refractivity contribution in [2.45, 2.75) is 57.5 Å². The molecule has 5 heteroatoms. The number of nitrogens with zero attached hydrogens (tertiary/aromatic N) is 1. The molecule has 1 heterocycles. The molecule has 0 aromatic rings. The molecule has 0 radical (unpaired) electrons. The maximum absolute atomic E-state index is 12.4. The second-order valence-electron chi connectivity index (χ2n) is 5.76. The highest BCUT2D eigenvalue weighted by atomic mass is 16.4. The lowest BCUT2D eigenvalue weighted by Crippen LogP contribution is -2.47. The van der Waals surface area contributed by atoms with Gasteiger partial charge >= 0.3 is 5.97 Å². The number of carboxylic acids is 1. The minimum atomic E-state index is -0.933. The van der Waals surface area contributed by atoms with Gasteiger partial charge in [-0.1, -0.05) is 19.8 Å². The number of rotatable bonds is 5. The third-order valence-corrected chi connectivity index (χ3v) is 4.29. The topological polar surface area (TPSA) is 69.6 Å². The Morgan fingerprint density at radius 3 is 2.68 bits per heavy atom. The molecular weight excluding hydrogens is 244 g/mol. The van der Waals surface area contributed by atoms with E-state index in [0.717, 1.165) is 19.3 Å². The lowest BCUT2D eigenvalue weighted by atomic mass is 9.85. The van der Waals surface area contributed by atoms with Crippen LogP contribution in [0.2, 0.25) is 0 Å². The summed E-state index contributed by atoms with van der Waals surface area (Å²) in [5.41, 5.74) is 0. The van der Waals surface area contributed by atoms with Gasteiger partial charge in [0, 0.05) is 12.6 Å². The fourth-order valence-electron chi connectivity index (χ4n) is 3.43. The van der Waals surface area contributed by atoms with Crippen molar-refractivity contribution < 1.29 is 14.7 Å². The lowest BCUT2D eigenvalue weighted by molar-refractivity contribution is -0.145. The van der Waals surface area contributed by atoms with E-state index in [1.807, 2.05) is 6.92 Å². The van der Waals surface area contributed by atoms with Gasteiger partial charge in [0.1, 0.15) is 6.54 Å². The van der Waals surface area contributed by atoms with Crippen LogP contribution in [0, 0.1) is 5.92 Å². The number of carbonyl (C=O) groups is 2. The third kappa shape index (κ3) is 3.47. The van der Waals surface area contributed by atoms with Crippen LogP contribution in [0.1, 0.15) is 45.4 Å². The average Bonchev–Trinajstić information content (AvgIpc) is 2.80. The molecule has 2 aliphatic rings. The zero-order valence-electron chi connectivity index (χ0n) is 11.6. The molecule has 1 amide bonds. The number of hydrogen-bond acceptors (Lipinski definition) is 3. The van der Waals surface area contributed by atoms with E-state index in [-0.39, 0.29) is 18.5 Å². The zero-order valence-corrected chi connectivity index (χ0v) is 11.6. The predicted molar refractivity (Wildman–Crippen MR) is 71.8 cm³/mol. The van der Waals surface area contributed by atoms with Crippen LogP contribution in [0.4, 0.5) is 0 Å². The number of amides is 1. The first kappa shape index (κ1) is 14.3. The zero-order chi connectivity index (χ0) is 13.8. The van der Waals surface area contributed by atoms with Gasteiger partial charge in [0.2, 0.25) is 5.91 Å². The summed E-state index contributed by atoms with van der Waals surface area (Å²) in [7, 11) is 0. The number of nitrogens with one attached hydrogen (secondary N) is 1. The molecule has 2 rings (SSSR count). The number of carboxylic acid groups (broad SMARTS) is 1. The quantitative estimate of drug-likeness (QED) is 0.787. The van der Waals surface area contributed by atoms with E-state index in [2.05, 4.69) is 5.32 Å². The summed E-state index contributed by atoms with van der Waals surface area (Å²) in [6.45, 7) is 2.31. The first-order chi connectivity index (χ1) is 9.11. The van der Waals surface area contributed by atoms with Crippen LogP contribution in [0.5, 0.6) is 0 Å². The van der Waals surface area contributed by atoms with Crippen LogP contribution in [-0.2, 0) is 9.59 Å². The fraction of sp³-hybridized carbons (Fsp3) is 0.857. The van der Waals surface area contributed by atoms with Crippen molar-refractivity contribution in [3.63, 3.8) is 0 Å². The summed E-state index contributed by atoms with van der Waals surface area (Å²) in [5.74, 6) is -0.355. The maximum Gasteiger partial charge on any atom is 0.323 e. The van der Waals surface area contributed by atoms with Crippen LogP contribution < -0.4 is 5.32 Å². The molecule has 5 nitrogen and oxygen atoms in total. The highest BCUT2D eigenvalue weighted by Gasteiger charge is 2.39. The monoisotopic (exact) mass is 268 g/mol. The third-order valence-electron chi connectivity index (χ3n) is 4.29. The standard InChI is InChI=1S/C14H24N2O3/c1-2-7-16(9-13(17)18)14(19)12-8-10-5-3-4-6-11(10)15-12/h10-12,15H,2-9H2,1H3,(H,17,18). The summed E-state index contributed by atoms with van der Waals surface area (Å²) in [5, 5.41) is 12.3. The Balaban J connectivity index is 1.95. The molecule has 1 aliphatic carbocycles. The molecule has 1 saturated heterocycles. The summed E-state index contributed by atoms with van der Waals surface area (Å²) in [6, 6.07) is 0.301. The van der Waals surface area contributed by atoms with Crippen LogP contribution in [0.15, 0.2) is 0 Å². The number of hydrogen-bond donors (Lipinski definition) is 2. The van der Waals surface area contributed by atoms with Gasteiger partial charge in [0.25, 0.3) is 0 Å². The lowest BCUT2D eigenvalue weighted by Gasteiger charge is -2.25. The molecule has 108 valence electrons. The molecule has 0 spiro atoms. The first-order valence-electron chi connectivity index (χ1n) is 7.38. The van der Waals surface area contributed by atoms with Gasteiger partial charge in [-0.05, 0) is 31.6 Å². The van der Waals surface area contributed by atoms with Gasteiger partial charge < -0.3 is 15.3 Å². The van der Waals surface area contributed by atoms with Crippen molar-refractivity contribution in [2.24, 2.45) is 5.92 Å². The molecule has 0 aromatic carbocycles. The molecule has 0 bridgehead atoms. The summed E-state index contributed by atoms with van der Waals surface area (Å²) >= 11 is 0. The summed E-state index contributed by atoms with van der Waals surface area (Å²) in [4.78, 5) is 24.7. The van der Waals surface area contributed by atoms with E-state index >= 15 is 0 Å². The van der Waals surface area contributed by atoms with Crippen LogP contribution in [0.25, 0.3) is 0 Å². The van der Waals surface area contributed by atoms with Gasteiger partial charge in [-0.3, -0.25) is 9.59 Å². The second kappa shape index (κ2) is 6.37. The van der Waals surface area contributed by atoms with Crippen LogP contribution in [-0.4, -0.2) is 47.1 Å². The molecule has 2 N–H and O–H groups in total. The molecule has 3 atom stereocenters. The highest BCUT2D eigenvalue weighted by molar-refractivity contribution is 5.85. The Bertz CT molecular complexity index is 332. The predicted octanol–water partition coefficient (Wildman–Crippen LogP) is 1.23. The average molecular weight is 268 g/mol. The fourth-order valence-corrected chi connectivity index (χ4v) is 3.43. The Morgan fingerprint density at radius 2 is 2.05 bits per heavy atom. The Kier molecular flexibility index (Phi) is 4.80. The number of aliphatic carboxylic acids is 1. The van der Waals surface area contributed by atoms with E-state index < -0.39 is 5.97 Å². The smallest absolute Gasteiger partial charge is 0.323 e. The maximum atomic E-state index is 12.4. The molecule has 3 unspecified atom stereocenters. The van der Waals surface area contributed by atoms with E-state index in [4.69, 9.17) is 5.11 Å². The molecule has 1 aliphatic heterocycles. The molecule has 19 heavy (non-hydrogen) atoms. The van der Waals surface area contributed by atoms with Gasteiger partial charge in [0.05, 0.1) is 6.04 Å². The van der Waals surface area contributed by atoms with Crippen molar-refractivity contribution >= 4 is 11.9 Å². The highest BCUT2D eigenvalue weighted by Crippen LogP contribution is 2.33. The largest absolute Gasteiger partial charge is 0.480 e. The normalized spacial score (nSPS) is 29.8. The van der Waals surface area contributed by atoms with Crippen molar-refractivity contribution in [1.82, 2.24) is 10.2 Å². The Labute approximate surface area is 114 Å². The summed E-state index contributed by atoms with van der Waals surface area (Å²) < 4.78 is 0. The van der Waals surface area contributed by atoms with Gasteiger partial charge in [-0.2, -0.15) is 0 Å². The van der Waals surface area contributed by atoms with Crippen LogP contribution >= 0.6 is 0 Å². The molecular formula is C14H24N2O3. The van der Waals surface area contributed by atoms with Gasteiger partial charge in [-0.25, -0.2) is 0 Å². The van der Waals surface area contributed by atoms with Crippen molar-refractivity contribution in [2.75, 3.05) is 13.1 Å². The van der Waals surface area contributed by atoms with E-state index in [1.165, 1.54) is 24.2 Å². The molecule has 1 saturated carbocycles. The van der Waals surface area contributed by atoms with Crippen molar-refractivity contribution in [1.29, 1.82) is 0 Å². The van der Waals surface area contributed by atoms with E-state index in [0.29, 0.717) is 18.5 Å². The van der Waals surface area contributed by atoms with Gasteiger partial charge in [0.15, 0.2) is 0 Å². The Hall–Kier alpha value is -1.10. The second-order valence-corrected chi connectivity index (χ2v) is 5.76. The molecule has 0 aromatic heterocycles. The minimum absolute atomic E-state index is 0.0290. The van der Waals surface area contributed by atoms with Crippen molar-refractivity contribution in [3.05, 3.63) is 0 Å². The minimum Gasteiger partial charge on any atom is -0.480 e. The summed E-state index contributed by atoms with van der Waals surface area (Å²) in [6.07, 6.45) is 6.53. The molecule has 2 fully saturated rings. The van der Waals surface area contributed by atoms with Gasteiger partial charge in [-0.15, -0.1) is 0 Å². The Morgan fingerprint density at radius 1 is 1.32 bits per heavy atom. The first-order valence-corrected chi connectivity index (χ1v) is 7.38. The van der Waals surface area contributed by atoms with E-state index in [9.17, 15) is 9.59 Å². The number of carbonyl (C=O) groups excluding carboxylic acids is 1. The van der Waals surface area contributed by atoms with Crippen molar-refractivity contribution in [3.8, 4) is 0 Å². The van der Waals surface area contributed by atoms with E-state index in [1.54, 1.807) is 0 Å². The SMILES string of the molecule is CCCN(CC(=O)O)C(=O)C1CC2CCCCC2N1.